The third-order valence-corrected chi connectivity index (χ3v) is 5.05. The van der Waals surface area contributed by atoms with Crippen molar-refractivity contribution in [3.8, 4) is 0 Å². The average molecular weight is 416 g/mol. The molecule has 0 spiro atoms. The first-order chi connectivity index (χ1) is 12.2. The van der Waals surface area contributed by atoms with Crippen LogP contribution in [0.1, 0.15) is 25.7 Å². The van der Waals surface area contributed by atoms with Crippen LogP contribution in [0.15, 0.2) is 0 Å². The van der Waals surface area contributed by atoms with Crippen LogP contribution in [0.3, 0.4) is 0 Å². The van der Waals surface area contributed by atoms with Crippen molar-refractivity contribution in [2.75, 3.05) is 19.0 Å². The SMILES string of the molecule is NC(CO)CO.NP(O)O.O=C(O)CCCC[C@@H]1SC[C@@H]2NC(=O)N[C@@H]21. The van der Waals surface area contributed by atoms with Crippen LogP contribution in [0, 0.1) is 0 Å². The van der Waals surface area contributed by atoms with Gasteiger partial charge in [-0.05, 0) is 12.8 Å². The summed E-state index contributed by atoms with van der Waals surface area (Å²) < 4.78 is 0. The number of nitrogens with one attached hydrogen (secondary N) is 2. The summed E-state index contributed by atoms with van der Waals surface area (Å²) in [5.74, 6) is 0.236. The number of amides is 2. The van der Waals surface area contributed by atoms with Crippen molar-refractivity contribution in [2.45, 2.75) is 49.1 Å². The molecule has 3 atom stereocenters. The van der Waals surface area contributed by atoms with E-state index in [1.54, 1.807) is 0 Å². The minimum absolute atomic E-state index is 0.0640. The van der Waals surface area contributed by atoms with Crippen molar-refractivity contribution < 1.29 is 34.7 Å². The molecule has 0 aromatic heterocycles. The van der Waals surface area contributed by atoms with Gasteiger partial charge in [0.05, 0.1) is 31.3 Å². The fourth-order valence-electron chi connectivity index (χ4n) is 2.32. The summed E-state index contributed by atoms with van der Waals surface area (Å²) in [4.78, 5) is 36.4. The van der Waals surface area contributed by atoms with E-state index in [9.17, 15) is 9.59 Å². The zero-order valence-corrected chi connectivity index (χ0v) is 16.0. The number of rotatable bonds is 7. The Bertz CT molecular complexity index is 415. The molecule has 0 saturated carbocycles. The van der Waals surface area contributed by atoms with Crippen molar-refractivity contribution in [1.29, 1.82) is 0 Å². The number of thioether (sulfide) groups is 1. The molecule has 0 unspecified atom stereocenters. The molecule has 2 heterocycles. The molecule has 2 aliphatic rings. The highest BCUT2D eigenvalue weighted by atomic mass is 32.2. The van der Waals surface area contributed by atoms with E-state index >= 15 is 0 Å². The number of hydrogen-bond acceptors (Lipinski definition) is 9. The van der Waals surface area contributed by atoms with Crippen LogP contribution in [0.4, 0.5) is 4.79 Å². The van der Waals surface area contributed by atoms with Gasteiger partial charge in [-0.25, -0.2) is 4.79 Å². The van der Waals surface area contributed by atoms with Crippen molar-refractivity contribution in [1.82, 2.24) is 10.6 Å². The first-order valence-electron chi connectivity index (χ1n) is 8.01. The predicted octanol–water partition coefficient (Wildman–Crippen LogP) is -1.75. The minimum Gasteiger partial charge on any atom is -0.481 e. The lowest BCUT2D eigenvalue weighted by molar-refractivity contribution is -0.137. The number of unbranched alkanes of at least 4 members (excludes halogenated alkanes) is 1. The molecule has 2 amide bonds. The van der Waals surface area contributed by atoms with Crippen LogP contribution in [0.25, 0.3) is 0 Å². The maximum atomic E-state index is 11.1. The smallest absolute Gasteiger partial charge is 0.315 e. The Morgan fingerprint density at radius 3 is 2.31 bits per heavy atom. The van der Waals surface area contributed by atoms with E-state index in [1.807, 2.05) is 11.8 Å². The van der Waals surface area contributed by atoms with Gasteiger partial charge in [-0.2, -0.15) is 11.8 Å². The zero-order chi connectivity index (χ0) is 20.1. The van der Waals surface area contributed by atoms with E-state index in [4.69, 9.17) is 30.8 Å². The maximum absolute atomic E-state index is 11.1. The summed E-state index contributed by atoms with van der Waals surface area (Å²) in [6.07, 6.45) is 2.88. The molecular formula is C13H29N4O7PS. The number of carboxylic acids is 1. The third-order valence-electron chi connectivity index (χ3n) is 3.54. The Hall–Kier alpha value is -0.720. The fourth-order valence-corrected chi connectivity index (χ4v) is 3.87. The van der Waals surface area contributed by atoms with Crippen LogP contribution in [-0.2, 0) is 4.79 Å². The first-order valence-corrected chi connectivity index (χ1v) is 10.4. The van der Waals surface area contributed by atoms with Crippen LogP contribution >= 0.6 is 20.3 Å². The van der Waals surface area contributed by atoms with E-state index in [0.717, 1.165) is 25.0 Å². The number of fused-ring (bicyclic) bond motifs is 1. The molecule has 154 valence electrons. The van der Waals surface area contributed by atoms with Gasteiger partial charge in [-0.15, -0.1) is 0 Å². The van der Waals surface area contributed by atoms with E-state index < -0.39 is 20.5 Å². The highest BCUT2D eigenvalue weighted by molar-refractivity contribution is 8.00. The summed E-state index contributed by atoms with van der Waals surface area (Å²) in [6.45, 7) is -0.285. The van der Waals surface area contributed by atoms with Gasteiger partial charge in [0, 0.05) is 17.4 Å². The molecule has 13 heteroatoms. The first kappa shape index (κ1) is 25.3. The molecule has 11 nitrogen and oxygen atoms in total. The van der Waals surface area contributed by atoms with Crippen molar-refractivity contribution in [3.05, 3.63) is 0 Å². The normalized spacial score (nSPS) is 23.4. The summed E-state index contributed by atoms with van der Waals surface area (Å²) >= 11 is 1.87. The van der Waals surface area contributed by atoms with Gasteiger partial charge in [0.15, 0.2) is 0 Å². The van der Waals surface area contributed by atoms with Crippen LogP contribution < -0.4 is 21.9 Å². The van der Waals surface area contributed by atoms with E-state index in [1.165, 1.54) is 0 Å². The summed E-state index contributed by atoms with van der Waals surface area (Å²) in [5.41, 5.74) is 9.26. The molecular weight excluding hydrogens is 387 g/mol. The number of carbonyl (C=O) groups is 2. The number of carboxylic acid groups (broad SMARTS) is 1. The minimum atomic E-state index is -2.12. The Balaban J connectivity index is 0.000000522. The molecule has 2 rings (SSSR count). The lowest BCUT2D eigenvalue weighted by Crippen LogP contribution is -2.36. The molecule has 0 aliphatic carbocycles. The zero-order valence-electron chi connectivity index (χ0n) is 14.3. The number of hydrogen-bond donors (Lipinski definition) is 9. The van der Waals surface area contributed by atoms with Gasteiger partial charge in [-0.1, -0.05) is 6.42 Å². The molecule has 11 N–H and O–H groups in total. The third kappa shape index (κ3) is 11.8. The molecule has 0 radical (unpaired) electrons. The van der Waals surface area contributed by atoms with Crippen molar-refractivity contribution in [3.63, 3.8) is 0 Å². The van der Waals surface area contributed by atoms with Gasteiger partial charge in [0.25, 0.3) is 0 Å². The fraction of sp³-hybridized carbons (Fsp3) is 0.846. The van der Waals surface area contributed by atoms with Crippen LogP contribution in [0.2, 0.25) is 0 Å². The van der Waals surface area contributed by atoms with E-state index in [-0.39, 0.29) is 37.7 Å². The number of aliphatic hydroxyl groups excluding tert-OH is 2. The van der Waals surface area contributed by atoms with Crippen LogP contribution in [0.5, 0.6) is 0 Å². The van der Waals surface area contributed by atoms with Crippen molar-refractivity contribution in [2.24, 2.45) is 11.2 Å². The lowest BCUT2D eigenvalue weighted by Gasteiger charge is -2.16. The molecule has 2 saturated heterocycles. The molecule has 2 aliphatic heterocycles. The van der Waals surface area contributed by atoms with Gasteiger partial charge in [0.1, 0.15) is 0 Å². The van der Waals surface area contributed by atoms with Gasteiger partial charge >= 0.3 is 12.0 Å². The Morgan fingerprint density at radius 1 is 1.27 bits per heavy atom. The quantitative estimate of drug-likeness (QED) is 0.130. The molecule has 2 fully saturated rings. The second kappa shape index (κ2) is 14.4. The maximum Gasteiger partial charge on any atom is 0.315 e. The topological polar surface area (TPSA) is 211 Å². The average Bonchev–Trinajstić information content (AvgIpc) is 3.10. The van der Waals surface area contributed by atoms with Gasteiger partial charge in [-0.3, -0.25) is 10.3 Å². The number of urea groups is 1. The second-order valence-electron chi connectivity index (χ2n) is 5.71. The molecule has 26 heavy (non-hydrogen) atoms. The largest absolute Gasteiger partial charge is 0.481 e. The number of nitrogens with two attached hydrogens (primary N) is 2. The van der Waals surface area contributed by atoms with Gasteiger partial charge < -0.3 is 41.5 Å². The van der Waals surface area contributed by atoms with Gasteiger partial charge in [0.2, 0.25) is 8.53 Å². The predicted molar refractivity (Wildman–Crippen MR) is 99.3 cm³/mol. The lowest BCUT2D eigenvalue weighted by atomic mass is 10.0. The Morgan fingerprint density at radius 2 is 1.85 bits per heavy atom. The Kier molecular flexibility index (Phi) is 14.0. The summed E-state index contributed by atoms with van der Waals surface area (Å²) in [5, 5.41) is 30.9. The van der Waals surface area contributed by atoms with Crippen molar-refractivity contribution >= 4 is 32.3 Å². The number of carbonyl (C=O) groups excluding carboxylic acids is 1. The Labute approximate surface area is 157 Å². The van der Waals surface area contributed by atoms with E-state index in [0.29, 0.717) is 5.25 Å². The number of aliphatic carboxylic acids is 1. The number of aliphatic hydroxyl groups is 2. The van der Waals surface area contributed by atoms with Crippen LogP contribution in [-0.4, -0.2) is 79.4 Å². The molecule has 0 bridgehead atoms. The molecule has 0 aromatic carbocycles. The highest BCUT2D eigenvalue weighted by Gasteiger charge is 2.42. The summed E-state index contributed by atoms with van der Waals surface area (Å²) in [6, 6.07) is -0.0138. The second-order valence-corrected chi connectivity index (χ2v) is 7.62. The molecule has 0 aromatic rings. The monoisotopic (exact) mass is 416 g/mol. The standard InChI is InChI=1S/C10H16N2O3S.C3H9NO2.H4NO2P/c13-8(14)4-2-1-3-7-9-6(5-16-7)11-10(15)12-9;4-3(1-5)2-6;1-4(2)3/h6-7,9H,1-5H2,(H,13,14)(H2,11,12,15);3,5-6H,1-2,4H2;2-3H,1H2/t6-,7-,9-;;/m0../s1. The van der Waals surface area contributed by atoms with E-state index in [2.05, 4.69) is 16.1 Å². The highest BCUT2D eigenvalue weighted by Crippen LogP contribution is 2.33. The summed E-state index contributed by atoms with van der Waals surface area (Å²) in [7, 11) is -2.12.